The molecule has 0 amide bonds. The number of benzene rings is 1. The Morgan fingerprint density at radius 3 is 2.58 bits per heavy atom. The summed E-state index contributed by atoms with van der Waals surface area (Å²) in [6.45, 7) is 5.38. The van der Waals surface area contributed by atoms with Gasteiger partial charge in [-0.1, -0.05) is 31.2 Å². The summed E-state index contributed by atoms with van der Waals surface area (Å²) < 4.78 is 5.03. The third-order valence-corrected chi connectivity index (χ3v) is 2.73. The molecule has 0 saturated carbocycles. The van der Waals surface area contributed by atoms with E-state index in [1.54, 1.807) is 7.11 Å². The first-order valence-electron chi connectivity index (χ1n) is 6.29. The lowest BCUT2D eigenvalue weighted by molar-refractivity contribution is 0.179. The Hall–Kier alpha value is -0.820. The van der Waals surface area contributed by atoms with E-state index in [1.807, 2.05) is 19.1 Å². The number of rotatable bonds is 6. The largest absolute Gasteiger partial charge is 0.383 e. The van der Waals surface area contributed by atoms with Gasteiger partial charge in [0.15, 0.2) is 5.96 Å². The number of hydrogen-bond acceptors (Lipinski definition) is 2. The summed E-state index contributed by atoms with van der Waals surface area (Å²) in [6.07, 6.45) is 1.01. The lowest BCUT2D eigenvalue weighted by Gasteiger charge is -2.13. The van der Waals surface area contributed by atoms with Crippen LogP contribution >= 0.6 is 24.0 Å². The van der Waals surface area contributed by atoms with Crippen LogP contribution < -0.4 is 11.1 Å². The maximum Gasteiger partial charge on any atom is 0.189 e. The highest BCUT2D eigenvalue weighted by molar-refractivity contribution is 14.0. The van der Waals surface area contributed by atoms with Gasteiger partial charge in [0, 0.05) is 13.2 Å². The van der Waals surface area contributed by atoms with Gasteiger partial charge in [0.1, 0.15) is 0 Å². The summed E-state index contributed by atoms with van der Waals surface area (Å²) in [7, 11) is 1.67. The second-order valence-corrected chi connectivity index (χ2v) is 4.32. The summed E-state index contributed by atoms with van der Waals surface area (Å²) in [4.78, 5) is 4.35. The molecule has 5 heteroatoms. The Labute approximate surface area is 132 Å². The molecule has 108 valence electrons. The van der Waals surface area contributed by atoms with Crippen molar-refractivity contribution in [1.29, 1.82) is 0 Å². The third kappa shape index (κ3) is 6.77. The molecule has 0 radical (unpaired) electrons. The predicted molar refractivity (Wildman–Crippen MR) is 91.0 cm³/mol. The van der Waals surface area contributed by atoms with E-state index in [0.717, 1.165) is 6.42 Å². The second-order valence-electron chi connectivity index (χ2n) is 4.32. The van der Waals surface area contributed by atoms with Crippen molar-refractivity contribution < 1.29 is 4.74 Å². The van der Waals surface area contributed by atoms with E-state index in [4.69, 9.17) is 10.5 Å². The summed E-state index contributed by atoms with van der Waals surface area (Å²) in [5.41, 5.74) is 8.37. The molecule has 1 unspecified atom stereocenters. The molecule has 0 fully saturated rings. The van der Waals surface area contributed by atoms with E-state index in [9.17, 15) is 0 Å². The van der Waals surface area contributed by atoms with Crippen LogP contribution in [0.2, 0.25) is 0 Å². The molecular weight excluding hydrogens is 353 g/mol. The molecule has 1 aromatic rings. The number of aliphatic imine (C=N–C) groups is 1. The third-order valence-electron chi connectivity index (χ3n) is 2.73. The first-order valence-corrected chi connectivity index (χ1v) is 6.29. The summed E-state index contributed by atoms with van der Waals surface area (Å²) in [6, 6.07) is 8.46. The van der Waals surface area contributed by atoms with Gasteiger partial charge >= 0.3 is 0 Å². The highest BCUT2D eigenvalue weighted by atomic mass is 127. The van der Waals surface area contributed by atoms with E-state index in [-0.39, 0.29) is 30.0 Å². The van der Waals surface area contributed by atoms with Gasteiger partial charge < -0.3 is 15.8 Å². The zero-order chi connectivity index (χ0) is 13.4. The standard InChI is InChI=1S/C14H23N3O.HI/c1-4-12-7-5-6-8-13(12)9-16-14(15)17-11(2)10-18-3;/h5-8,11H,4,9-10H2,1-3H3,(H3,15,16,17);1H. The van der Waals surface area contributed by atoms with Crippen LogP contribution in [-0.4, -0.2) is 25.7 Å². The van der Waals surface area contributed by atoms with Gasteiger partial charge in [-0.25, -0.2) is 4.99 Å². The van der Waals surface area contributed by atoms with Crippen molar-refractivity contribution in [2.45, 2.75) is 32.9 Å². The highest BCUT2D eigenvalue weighted by Gasteiger charge is 2.02. The molecule has 0 bridgehead atoms. The highest BCUT2D eigenvalue weighted by Crippen LogP contribution is 2.10. The van der Waals surface area contributed by atoms with Crippen molar-refractivity contribution in [3.8, 4) is 0 Å². The monoisotopic (exact) mass is 377 g/mol. The van der Waals surface area contributed by atoms with Gasteiger partial charge in [0.05, 0.1) is 13.2 Å². The van der Waals surface area contributed by atoms with E-state index in [1.165, 1.54) is 11.1 Å². The molecule has 1 atom stereocenters. The number of methoxy groups -OCH3 is 1. The van der Waals surface area contributed by atoms with E-state index < -0.39 is 0 Å². The maximum atomic E-state index is 5.83. The van der Waals surface area contributed by atoms with Crippen LogP contribution in [0.1, 0.15) is 25.0 Å². The van der Waals surface area contributed by atoms with E-state index >= 15 is 0 Å². The lowest BCUT2D eigenvalue weighted by atomic mass is 10.1. The Morgan fingerprint density at radius 2 is 2.00 bits per heavy atom. The zero-order valence-corrected chi connectivity index (χ0v) is 14.2. The Bertz CT molecular complexity index is 396. The predicted octanol–water partition coefficient (Wildman–Crippen LogP) is 2.31. The second kappa shape index (κ2) is 10.0. The van der Waals surface area contributed by atoms with Crippen LogP contribution in [0.25, 0.3) is 0 Å². The van der Waals surface area contributed by atoms with Crippen molar-refractivity contribution in [2.24, 2.45) is 10.7 Å². The maximum absolute atomic E-state index is 5.83. The number of halogens is 1. The molecular formula is C14H24IN3O. The minimum Gasteiger partial charge on any atom is -0.383 e. The van der Waals surface area contributed by atoms with Gasteiger partial charge in [-0.3, -0.25) is 0 Å². The Morgan fingerprint density at radius 1 is 1.37 bits per heavy atom. The number of nitrogens with two attached hydrogens (primary N) is 1. The smallest absolute Gasteiger partial charge is 0.189 e. The summed E-state index contributed by atoms with van der Waals surface area (Å²) in [5.74, 6) is 0.463. The average molecular weight is 377 g/mol. The Kier molecular flexibility index (Phi) is 9.59. The first-order chi connectivity index (χ1) is 8.67. The number of hydrogen-bond donors (Lipinski definition) is 2. The van der Waals surface area contributed by atoms with Crippen molar-refractivity contribution in [1.82, 2.24) is 5.32 Å². The van der Waals surface area contributed by atoms with Crippen LogP contribution in [0, 0.1) is 0 Å². The van der Waals surface area contributed by atoms with Crippen LogP contribution in [-0.2, 0) is 17.7 Å². The minimum atomic E-state index is 0. The summed E-state index contributed by atoms with van der Waals surface area (Å²) >= 11 is 0. The fourth-order valence-corrected chi connectivity index (χ4v) is 1.82. The quantitative estimate of drug-likeness (QED) is 0.455. The Balaban J connectivity index is 0.00000324. The van der Waals surface area contributed by atoms with E-state index in [0.29, 0.717) is 19.1 Å². The van der Waals surface area contributed by atoms with Crippen molar-refractivity contribution in [3.05, 3.63) is 35.4 Å². The van der Waals surface area contributed by atoms with Crippen LogP contribution in [0.15, 0.2) is 29.3 Å². The van der Waals surface area contributed by atoms with Crippen molar-refractivity contribution in [2.75, 3.05) is 13.7 Å². The van der Waals surface area contributed by atoms with Gasteiger partial charge in [-0.15, -0.1) is 24.0 Å². The van der Waals surface area contributed by atoms with Crippen LogP contribution in [0.4, 0.5) is 0 Å². The number of ether oxygens (including phenoxy) is 1. The van der Waals surface area contributed by atoms with Crippen molar-refractivity contribution in [3.63, 3.8) is 0 Å². The molecule has 1 aromatic carbocycles. The molecule has 3 N–H and O–H groups in total. The van der Waals surface area contributed by atoms with Gasteiger partial charge in [0.2, 0.25) is 0 Å². The molecule has 0 aliphatic carbocycles. The number of nitrogens with zero attached hydrogens (tertiary/aromatic N) is 1. The number of aryl methyl sites for hydroxylation is 1. The minimum absolute atomic E-state index is 0. The fraction of sp³-hybridized carbons (Fsp3) is 0.500. The summed E-state index contributed by atoms with van der Waals surface area (Å²) in [5, 5.41) is 3.09. The van der Waals surface area contributed by atoms with Gasteiger partial charge in [0.25, 0.3) is 0 Å². The van der Waals surface area contributed by atoms with Crippen molar-refractivity contribution >= 4 is 29.9 Å². The fourth-order valence-electron chi connectivity index (χ4n) is 1.82. The molecule has 0 aliphatic heterocycles. The molecule has 1 rings (SSSR count). The molecule has 19 heavy (non-hydrogen) atoms. The van der Waals surface area contributed by atoms with Crippen LogP contribution in [0.5, 0.6) is 0 Å². The molecule has 0 heterocycles. The number of guanidine groups is 1. The lowest BCUT2D eigenvalue weighted by Crippen LogP contribution is -2.40. The number of nitrogens with one attached hydrogen (secondary N) is 1. The average Bonchev–Trinajstić information content (AvgIpc) is 2.37. The first kappa shape index (κ1) is 18.2. The zero-order valence-electron chi connectivity index (χ0n) is 11.8. The SMILES string of the molecule is CCc1ccccc1CN=C(N)NC(C)COC.I. The molecule has 0 aromatic heterocycles. The molecule has 0 aliphatic rings. The van der Waals surface area contributed by atoms with Crippen LogP contribution in [0.3, 0.4) is 0 Å². The van der Waals surface area contributed by atoms with E-state index in [2.05, 4.69) is 29.4 Å². The van der Waals surface area contributed by atoms with Gasteiger partial charge in [-0.05, 0) is 24.5 Å². The molecule has 0 saturated heterocycles. The molecule has 4 nitrogen and oxygen atoms in total. The molecule has 0 spiro atoms. The van der Waals surface area contributed by atoms with Gasteiger partial charge in [-0.2, -0.15) is 0 Å². The topological polar surface area (TPSA) is 59.6 Å². The normalized spacial score (nSPS) is 12.7.